The van der Waals surface area contributed by atoms with Gasteiger partial charge in [0.15, 0.2) is 0 Å². The van der Waals surface area contributed by atoms with Crippen molar-refractivity contribution in [1.29, 1.82) is 0 Å². The van der Waals surface area contributed by atoms with Crippen LogP contribution in [0.4, 0.5) is 0 Å². The number of nitrogens with one attached hydrogen (secondary N) is 1. The minimum Gasteiger partial charge on any atom is -0.379 e. The molecule has 5 heteroatoms. The van der Waals surface area contributed by atoms with E-state index in [2.05, 4.69) is 40.0 Å². The summed E-state index contributed by atoms with van der Waals surface area (Å²) in [7, 11) is 0. The van der Waals surface area contributed by atoms with Gasteiger partial charge in [0.25, 0.3) is 5.91 Å². The van der Waals surface area contributed by atoms with E-state index in [1.807, 2.05) is 24.3 Å². The number of halogens is 1. The Labute approximate surface area is 128 Å². The molecule has 1 N–H and O–H groups in total. The van der Waals surface area contributed by atoms with Crippen molar-refractivity contribution in [2.45, 2.75) is 19.4 Å². The zero-order valence-electron chi connectivity index (χ0n) is 12.0. The highest BCUT2D eigenvalue weighted by atomic mass is 79.9. The fraction of sp³-hybridized carbons (Fsp3) is 0.533. The molecular formula is C15H21BrN2O2. The molecule has 4 nitrogen and oxygen atoms in total. The Balaban J connectivity index is 1.90. The van der Waals surface area contributed by atoms with E-state index in [0.29, 0.717) is 12.1 Å². The maximum atomic E-state index is 12.1. The summed E-state index contributed by atoms with van der Waals surface area (Å²) in [5, 5.41) is 3.02. The van der Waals surface area contributed by atoms with E-state index in [-0.39, 0.29) is 11.4 Å². The summed E-state index contributed by atoms with van der Waals surface area (Å²) in [6, 6.07) is 7.40. The fourth-order valence-corrected chi connectivity index (χ4v) is 2.54. The maximum absolute atomic E-state index is 12.1. The minimum atomic E-state index is -0.0607. The lowest BCUT2D eigenvalue weighted by Gasteiger charge is -2.40. The number of rotatable bonds is 4. The Morgan fingerprint density at radius 2 is 1.90 bits per heavy atom. The lowest BCUT2D eigenvalue weighted by atomic mass is 10.0. The SMILES string of the molecule is CC(C)(CNC(=O)c1ccc(Br)cc1)N1CCOCC1. The molecule has 1 fully saturated rings. The molecule has 0 atom stereocenters. The first-order valence-electron chi connectivity index (χ1n) is 6.85. The summed E-state index contributed by atoms with van der Waals surface area (Å²) < 4.78 is 6.34. The van der Waals surface area contributed by atoms with E-state index in [1.54, 1.807) is 0 Å². The number of hydrogen-bond donors (Lipinski definition) is 1. The average Bonchev–Trinajstić information content (AvgIpc) is 2.46. The largest absolute Gasteiger partial charge is 0.379 e. The number of hydrogen-bond acceptors (Lipinski definition) is 3. The third-order valence-corrected chi connectivity index (χ3v) is 4.18. The third-order valence-electron chi connectivity index (χ3n) is 3.66. The molecule has 0 spiro atoms. The summed E-state index contributed by atoms with van der Waals surface area (Å²) in [4.78, 5) is 14.5. The third kappa shape index (κ3) is 4.04. The van der Waals surface area contributed by atoms with Gasteiger partial charge in [-0.25, -0.2) is 0 Å². The van der Waals surface area contributed by atoms with Crippen LogP contribution in [-0.2, 0) is 4.74 Å². The van der Waals surface area contributed by atoms with Crippen LogP contribution >= 0.6 is 15.9 Å². The second kappa shape index (κ2) is 6.70. The first kappa shape index (κ1) is 15.5. The van der Waals surface area contributed by atoms with Crippen molar-refractivity contribution in [1.82, 2.24) is 10.2 Å². The smallest absolute Gasteiger partial charge is 0.251 e. The summed E-state index contributed by atoms with van der Waals surface area (Å²) >= 11 is 3.37. The van der Waals surface area contributed by atoms with Gasteiger partial charge in [0.05, 0.1) is 13.2 Å². The Morgan fingerprint density at radius 3 is 2.50 bits per heavy atom. The molecule has 1 aromatic carbocycles. The van der Waals surface area contributed by atoms with Crippen LogP contribution in [0.1, 0.15) is 24.2 Å². The molecule has 0 aromatic heterocycles. The summed E-state index contributed by atoms with van der Waals surface area (Å²) in [5.41, 5.74) is 0.625. The number of carbonyl (C=O) groups excluding carboxylic acids is 1. The van der Waals surface area contributed by atoms with Crippen molar-refractivity contribution in [2.75, 3.05) is 32.8 Å². The molecule has 1 heterocycles. The number of ether oxygens (including phenoxy) is 1. The van der Waals surface area contributed by atoms with E-state index in [4.69, 9.17) is 4.74 Å². The van der Waals surface area contributed by atoms with Gasteiger partial charge in [0.1, 0.15) is 0 Å². The topological polar surface area (TPSA) is 41.6 Å². The van der Waals surface area contributed by atoms with Crippen molar-refractivity contribution in [2.24, 2.45) is 0 Å². The maximum Gasteiger partial charge on any atom is 0.251 e. The Hall–Kier alpha value is -0.910. The molecule has 20 heavy (non-hydrogen) atoms. The van der Waals surface area contributed by atoms with Crippen molar-refractivity contribution in [3.05, 3.63) is 34.3 Å². The van der Waals surface area contributed by atoms with Crippen molar-refractivity contribution in [3.63, 3.8) is 0 Å². The number of nitrogens with zero attached hydrogens (tertiary/aromatic N) is 1. The molecular weight excluding hydrogens is 320 g/mol. The summed E-state index contributed by atoms with van der Waals surface area (Å²) in [6.07, 6.45) is 0. The molecule has 1 saturated heterocycles. The molecule has 1 aromatic rings. The predicted octanol–water partition coefficient (Wildman–Crippen LogP) is 2.29. The zero-order valence-corrected chi connectivity index (χ0v) is 13.6. The van der Waals surface area contributed by atoms with E-state index < -0.39 is 0 Å². The molecule has 1 amide bonds. The summed E-state index contributed by atoms with van der Waals surface area (Å²) in [5.74, 6) is -0.0289. The van der Waals surface area contributed by atoms with Crippen molar-refractivity contribution < 1.29 is 9.53 Å². The van der Waals surface area contributed by atoms with E-state index in [1.165, 1.54) is 0 Å². The standard InChI is InChI=1S/C15H21BrN2O2/c1-15(2,18-7-9-20-10-8-18)11-17-14(19)12-3-5-13(16)6-4-12/h3-6H,7-11H2,1-2H3,(H,17,19). The zero-order chi connectivity index (χ0) is 14.6. The van der Waals surface area contributed by atoms with Crippen LogP contribution in [0, 0.1) is 0 Å². The highest BCUT2D eigenvalue weighted by molar-refractivity contribution is 9.10. The van der Waals surface area contributed by atoms with Crippen LogP contribution in [0.3, 0.4) is 0 Å². The molecule has 0 unspecified atom stereocenters. The van der Waals surface area contributed by atoms with Crippen LogP contribution in [0.2, 0.25) is 0 Å². The Bertz CT molecular complexity index is 453. The van der Waals surface area contributed by atoms with Gasteiger partial charge in [0.2, 0.25) is 0 Å². The number of morpholine rings is 1. The van der Waals surface area contributed by atoms with Gasteiger partial charge in [-0.2, -0.15) is 0 Å². The van der Waals surface area contributed by atoms with Crippen LogP contribution in [0.25, 0.3) is 0 Å². The van der Waals surface area contributed by atoms with E-state index in [0.717, 1.165) is 30.8 Å². The lowest BCUT2D eigenvalue weighted by Crippen LogP contribution is -2.55. The van der Waals surface area contributed by atoms with E-state index in [9.17, 15) is 4.79 Å². The first-order valence-corrected chi connectivity index (χ1v) is 7.65. The molecule has 0 bridgehead atoms. The second-order valence-corrected chi connectivity index (χ2v) is 6.52. The van der Waals surface area contributed by atoms with Crippen LogP contribution in [0.5, 0.6) is 0 Å². The van der Waals surface area contributed by atoms with Gasteiger partial charge in [-0.3, -0.25) is 9.69 Å². The summed E-state index contributed by atoms with van der Waals surface area (Å²) in [6.45, 7) is 8.30. The average molecular weight is 341 g/mol. The molecule has 110 valence electrons. The normalized spacial score (nSPS) is 16.9. The van der Waals surface area contributed by atoms with Crippen LogP contribution < -0.4 is 5.32 Å². The Morgan fingerprint density at radius 1 is 1.30 bits per heavy atom. The Kier molecular flexibility index (Phi) is 5.18. The first-order chi connectivity index (χ1) is 9.49. The van der Waals surface area contributed by atoms with Gasteiger partial charge in [-0.05, 0) is 38.1 Å². The minimum absolute atomic E-state index is 0.0289. The van der Waals surface area contributed by atoms with Crippen LogP contribution in [0.15, 0.2) is 28.7 Å². The van der Waals surface area contributed by atoms with Gasteiger partial charge in [-0.1, -0.05) is 15.9 Å². The second-order valence-electron chi connectivity index (χ2n) is 5.60. The fourth-order valence-electron chi connectivity index (χ4n) is 2.28. The number of carbonyl (C=O) groups is 1. The highest BCUT2D eigenvalue weighted by Crippen LogP contribution is 2.16. The molecule has 2 rings (SSSR count). The quantitative estimate of drug-likeness (QED) is 0.914. The molecule has 0 saturated carbocycles. The van der Waals surface area contributed by atoms with Gasteiger partial charge in [0, 0.05) is 35.2 Å². The molecule has 0 radical (unpaired) electrons. The lowest BCUT2D eigenvalue weighted by molar-refractivity contribution is -0.00923. The van der Waals surface area contributed by atoms with E-state index >= 15 is 0 Å². The molecule has 0 aliphatic carbocycles. The van der Waals surface area contributed by atoms with Gasteiger partial charge < -0.3 is 10.1 Å². The monoisotopic (exact) mass is 340 g/mol. The number of benzene rings is 1. The van der Waals surface area contributed by atoms with Crippen LogP contribution in [-0.4, -0.2) is 49.2 Å². The van der Waals surface area contributed by atoms with Crippen molar-refractivity contribution >= 4 is 21.8 Å². The predicted molar refractivity (Wildman–Crippen MR) is 82.9 cm³/mol. The van der Waals surface area contributed by atoms with Crippen molar-refractivity contribution in [3.8, 4) is 0 Å². The molecule has 1 aliphatic rings. The highest BCUT2D eigenvalue weighted by Gasteiger charge is 2.28. The number of amides is 1. The van der Waals surface area contributed by atoms with Gasteiger partial charge in [-0.15, -0.1) is 0 Å². The molecule has 1 aliphatic heterocycles. The van der Waals surface area contributed by atoms with Gasteiger partial charge >= 0.3 is 0 Å².